The lowest BCUT2D eigenvalue weighted by Crippen LogP contribution is -2.29. The zero-order valence-corrected chi connectivity index (χ0v) is 31.0. The molecule has 11 rings (SSSR count). The first-order valence-corrected chi connectivity index (χ1v) is 19.5. The van der Waals surface area contributed by atoms with Gasteiger partial charge in [-0.15, -0.1) is 0 Å². The molecule has 3 heterocycles. The number of benzene rings is 6. The molecule has 0 spiro atoms. The van der Waals surface area contributed by atoms with Crippen LogP contribution >= 0.6 is 0 Å². The third-order valence-electron chi connectivity index (χ3n) is 11.2. The molecule has 0 N–H and O–H groups in total. The highest BCUT2D eigenvalue weighted by atomic mass is 16.3. The fourth-order valence-electron chi connectivity index (χ4n) is 8.49. The van der Waals surface area contributed by atoms with E-state index in [0.717, 1.165) is 85.1 Å². The monoisotopic (exact) mass is 736 g/mol. The van der Waals surface area contributed by atoms with Crippen LogP contribution in [0, 0.1) is 0 Å². The summed E-state index contributed by atoms with van der Waals surface area (Å²) in [4.78, 5) is 17.7. The Morgan fingerprint density at radius 2 is 1.16 bits per heavy atom. The van der Waals surface area contributed by atoms with Gasteiger partial charge < -0.3 is 13.7 Å². The highest BCUT2D eigenvalue weighted by molar-refractivity contribution is 6.15. The molecule has 9 aromatic rings. The van der Waals surface area contributed by atoms with Crippen molar-refractivity contribution in [1.29, 1.82) is 0 Å². The number of aromatic nitrogens is 3. The number of allylic oxidation sites excluding steroid dienone is 3. The first-order valence-electron chi connectivity index (χ1n) is 19.5. The highest BCUT2D eigenvalue weighted by Crippen LogP contribution is 2.48. The fourth-order valence-corrected chi connectivity index (χ4v) is 8.49. The first kappa shape index (κ1) is 33.1. The van der Waals surface area contributed by atoms with Crippen molar-refractivity contribution in [1.82, 2.24) is 15.0 Å². The summed E-state index contributed by atoms with van der Waals surface area (Å²) in [5.74, 6) is 3.01. The van der Waals surface area contributed by atoms with E-state index in [9.17, 15) is 0 Å². The Labute approximate surface area is 329 Å². The average molecular weight is 737 g/mol. The zero-order chi connectivity index (χ0) is 37.7. The SMILES string of the molecule is C1=Cc2c(oc3ccccc23)C(N(C2=CCC(c3ccccc3)C=C2)c2ccc(-c3nc(-c4ccccc4)nc(-c4ccccc4)n3)c3oc4ccccc4c23)C1. The van der Waals surface area contributed by atoms with Crippen LogP contribution in [0.15, 0.2) is 190 Å². The van der Waals surface area contributed by atoms with Crippen molar-refractivity contribution in [3.8, 4) is 34.2 Å². The Hall–Kier alpha value is -7.31. The summed E-state index contributed by atoms with van der Waals surface area (Å²) in [7, 11) is 0. The zero-order valence-electron chi connectivity index (χ0n) is 31.0. The maximum atomic E-state index is 6.89. The molecule has 0 saturated carbocycles. The predicted octanol–water partition coefficient (Wildman–Crippen LogP) is 13.1. The number of hydrogen-bond acceptors (Lipinski definition) is 6. The Kier molecular flexibility index (Phi) is 7.99. The number of hydrogen-bond donors (Lipinski definition) is 0. The number of fused-ring (bicyclic) bond motifs is 6. The molecule has 0 radical (unpaired) electrons. The van der Waals surface area contributed by atoms with Gasteiger partial charge in [0.25, 0.3) is 0 Å². The van der Waals surface area contributed by atoms with E-state index in [0.29, 0.717) is 23.4 Å². The Bertz CT molecular complexity index is 2980. The van der Waals surface area contributed by atoms with Gasteiger partial charge in [0.2, 0.25) is 0 Å². The minimum absolute atomic E-state index is 0.115. The van der Waals surface area contributed by atoms with Crippen LogP contribution in [0.5, 0.6) is 0 Å². The van der Waals surface area contributed by atoms with Gasteiger partial charge in [0.1, 0.15) is 22.5 Å². The molecule has 272 valence electrons. The van der Waals surface area contributed by atoms with E-state index in [1.807, 2.05) is 78.9 Å². The molecule has 0 bridgehead atoms. The summed E-state index contributed by atoms with van der Waals surface area (Å²) in [6.45, 7) is 0. The largest absolute Gasteiger partial charge is 0.458 e. The van der Waals surface area contributed by atoms with Crippen LogP contribution in [0.4, 0.5) is 5.69 Å². The van der Waals surface area contributed by atoms with Gasteiger partial charge in [-0.3, -0.25) is 0 Å². The van der Waals surface area contributed by atoms with Crippen molar-refractivity contribution in [2.45, 2.75) is 24.8 Å². The molecule has 6 heteroatoms. The lowest BCUT2D eigenvalue weighted by atomic mass is 9.90. The second-order valence-corrected chi connectivity index (χ2v) is 14.6. The van der Waals surface area contributed by atoms with E-state index in [1.54, 1.807) is 0 Å². The lowest BCUT2D eigenvalue weighted by Gasteiger charge is -2.36. The van der Waals surface area contributed by atoms with E-state index in [1.165, 1.54) is 5.56 Å². The number of para-hydroxylation sites is 2. The van der Waals surface area contributed by atoms with E-state index in [2.05, 4.69) is 108 Å². The Morgan fingerprint density at radius 1 is 0.544 bits per heavy atom. The Balaban J connectivity index is 1.13. The molecule has 0 aliphatic heterocycles. The van der Waals surface area contributed by atoms with Gasteiger partial charge >= 0.3 is 0 Å². The topological polar surface area (TPSA) is 68.2 Å². The van der Waals surface area contributed by atoms with Crippen LogP contribution in [-0.2, 0) is 0 Å². The minimum atomic E-state index is -0.115. The summed E-state index contributed by atoms with van der Waals surface area (Å²) < 4.78 is 13.7. The molecule has 2 unspecified atom stereocenters. The lowest BCUT2D eigenvalue weighted by molar-refractivity contribution is 0.483. The van der Waals surface area contributed by atoms with Gasteiger partial charge in [-0.2, -0.15) is 0 Å². The van der Waals surface area contributed by atoms with Gasteiger partial charge in [0.15, 0.2) is 17.5 Å². The van der Waals surface area contributed by atoms with E-state index >= 15 is 0 Å². The van der Waals surface area contributed by atoms with E-state index < -0.39 is 0 Å². The maximum absolute atomic E-state index is 6.89. The molecular formula is C51H36N4O2. The van der Waals surface area contributed by atoms with Gasteiger partial charge in [-0.25, -0.2) is 15.0 Å². The molecular weight excluding hydrogens is 701 g/mol. The van der Waals surface area contributed by atoms with Crippen molar-refractivity contribution in [3.05, 3.63) is 199 Å². The summed E-state index contributed by atoms with van der Waals surface area (Å²) in [5, 5.41) is 3.14. The van der Waals surface area contributed by atoms with Crippen LogP contribution in [0.25, 0.3) is 73.1 Å². The van der Waals surface area contributed by atoms with Crippen molar-refractivity contribution < 1.29 is 8.83 Å². The highest BCUT2D eigenvalue weighted by Gasteiger charge is 2.34. The smallest absolute Gasteiger partial charge is 0.167 e. The molecule has 57 heavy (non-hydrogen) atoms. The van der Waals surface area contributed by atoms with Crippen molar-refractivity contribution >= 4 is 44.7 Å². The maximum Gasteiger partial charge on any atom is 0.167 e. The number of rotatable bonds is 7. The van der Waals surface area contributed by atoms with Crippen molar-refractivity contribution in [2.24, 2.45) is 0 Å². The first-order chi connectivity index (χ1) is 28.3. The summed E-state index contributed by atoms with van der Waals surface area (Å²) in [6.07, 6.45) is 13.2. The van der Waals surface area contributed by atoms with Crippen molar-refractivity contribution in [2.75, 3.05) is 4.90 Å². The quantitative estimate of drug-likeness (QED) is 0.162. The van der Waals surface area contributed by atoms with E-state index in [4.69, 9.17) is 23.8 Å². The molecule has 2 atom stereocenters. The minimum Gasteiger partial charge on any atom is -0.458 e. The molecule has 0 amide bonds. The third kappa shape index (κ3) is 5.76. The summed E-state index contributed by atoms with van der Waals surface area (Å²) in [6, 6.07) is 51.7. The molecule has 6 nitrogen and oxygen atoms in total. The van der Waals surface area contributed by atoms with Gasteiger partial charge in [-0.1, -0.05) is 152 Å². The molecule has 0 saturated heterocycles. The van der Waals surface area contributed by atoms with Gasteiger partial charge in [-0.05, 0) is 48.7 Å². The van der Waals surface area contributed by atoms with Crippen LogP contribution in [0.2, 0.25) is 0 Å². The van der Waals surface area contributed by atoms with Crippen LogP contribution in [0.3, 0.4) is 0 Å². The fraction of sp³-hybridized carbons (Fsp3) is 0.0784. The summed E-state index contributed by atoms with van der Waals surface area (Å²) >= 11 is 0. The van der Waals surface area contributed by atoms with Crippen LogP contribution < -0.4 is 4.90 Å². The molecule has 2 aliphatic carbocycles. The second kappa shape index (κ2) is 13.8. The van der Waals surface area contributed by atoms with Gasteiger partial charge in [0, 0.05) is 39.1 Å². The molecule has 3 aromatic heterocycles. The molecule has 0 fully saturated rings. The summed E-state index contributed by atoms with van der Waals surface area (Å²) in [5.41, 5.74) is 9.63. The number of furan rings is 2. The average Bonchev–Trinajstić information content (AvgIpc) is 3.87. The number of nitrogens with zero attached hydrogens (tertiary/aromatic N) is 4. The molecule has 6 aromatic carbocycles. The standard InChI is InChI=1S/C51H36N4O2/c1-4-15-33(16-5-1)34-27-29-37(30-28-34)55(43-24-14-23-39-38-21-10-12-25-44(38)56-47(39)43)42-32-31-41(48-46(42)40-22-11-13-26-45(40)57-48)51-53-49(35-17-6-2-7-18-35)52-50(54-51)36-19-8-3-9-20-36/h1-23,25-27,29-32,34,43H,24,28H2. The van der Waals surface area contributed by atoms with Gasteiger partial charge in [0.05, 0.1) is 22.7 Å². The van der Waals surface area contributed by atoms with Crippen molar-refractivity contribution in [3.63, 3.8) is 0 Å². The third-order valence-corrected chi connectivity index (χ3v) is 11.2. The predicted molar refractivity (Wildman–Crippen MR) is 230 cm³/mol. The van der Waals surface area contributed by atoms with E-state index in [-0.39, 0.29) is 6.04 Å². The Morgan fingerprint density at radius 3 is 1.84 bits per heavy atom. The normalized spacial score (nSPS) is 16.2. The number of anilines is 1. The molecule has 2 aliphatic rings. The second-order valence-electron chi connectivity index (χ2n) is 14.6. The van der Waals surface area contributed by atoms with Crippen LogP contribution in [0.1, 0.15) is 41.7 Å². The van der Waals surface area contributed by atoms with Crippen LogP contribution in [-0.4, -0.2) is 15.0 Å².